The number of carbonyl (C=O) groups is 3. The van der Waals surface area contributed by atoms with Crippen molar-refractivity contribution in [2.75, 3.05) is 33.1 Å². The lowest BCUT2D eigenvalue weighted by Crippen LogP contribution is -2.52. The van der Waals surface area contributed by atoms with Crippen LogP contribution in [-0.4, -0.2) is 85.2 Å². The third-order valence-corrected chi connectivity index (χ3v) is 5.11. The summed E-state index contributed by atoms with van der Waals surface area (Å²) in [7, 11) is 1.27. The van der Waals surface area contributed by atoms with Gasteiger partial charge >= 0.3 is 0 Å². The van der Waals surface area contributed by atoms with Crippen LogP contribution in [0.25, 0.3) is 16.7 Å². The Morgan fingerprint density at radius 2 is 1.77 bits per heavy atom. The highest BCUT2D eigenvalue weighted by atomic mass is 16.5. The molecule has 1 N–H and O–H groups in total. The van der Waals surface area contributed by atoms with Crippen molar-refractivity contribution >= 4 is 28.5 Å². The molecule has 4 aromatic rings. The number of rotatable bonds is 5. The van der Waals surface area contributed by atoms with Crippen LogP contribution in [-0.2, 0) is 4.79 Å². The molecule has 3 aromatic heterocycles. The molecule has 5 rings (SSSR count). The molecule has 1 aliphatic heterocycles. The second-order valence-electron chi connectivity index (χ2n) is 7.26. The molecule has 4 heterocycles. The highest BCUT2D eigenvalue weighted by Crippen LogP contribution is 2.31. The number of hydrogen-bond acceptors (Lipinski definition) is 7. The topological polar surface area (TPSA) is 126 Å². The highest BCUT2D eigenvalue weighted by molar-refractivity contribution is 6.45. The maximum atomic E-state index is 13.7. The number of hydrogen-bond donors (Lipinski definition) is 1. The number of amides is 2. The number of pyridine rings is 1. The van der Waals surface area contributed by atoms with E-state index >= 15 is 0 Å². The van der Waals surface area contributed by atoms with Gasteiger partial charge in [0.1, 0.15) is 17.9 Å². The van der Waals surface area contributed by atoms with Crippen LogP contribution in [0.1, 0.15) is 37.5 Å². The summed E-state index contributed by atoms with van der Waals surface area (Å²) in [5.41, 5.74) is -0.529. The molecule has 178 valence electrons. The third-order valence-electron chi connectivity index (χ3n) is 5.11. The second kappa shape index (κ2) is 9.01. The summed E-state index contributed by atoms with van der Waals surface area (Å²) in [6.07, 6.45) is 3.65. The van der Waals surface area contributed by atoms with Gasteiger partial charge in [0.2, 0.25) is 0 Å². The molecule has 0 radical (unpaired) electrons. The monoisotopic (exact) mass is 481 g/mol. The van der Waals surface area contributed by atoms with Crippen LogP contribution >= 0.6 is 0 Å². The van der Waals surface area contributed by atoms with Crippen LogP contribution in [0.15, 0.2) is 49.1 Å². The summed E-state index contributed by atoms with van der Waals surface area (Å²) in [5, 5.41) is 4.16. The Hall–Kier alpha value is -4.54. The molecule has 1 aliphatic rings. The normalized spacial score (nSPS) is 22.9. The van der Waals surface area contributed by atoms with Crippen LogP contribution < -0.4 is 4.74 Å². The smallest absolute Gasteiger partial charge is 0.295 e. The molecule has 11 nitrogen and oxygen atoms in total. The molecular weight excluding hydrogens is 450 g/mol. The highest BCUT2D eigenvalue weighted by Gasteiger charge is 2.31. The Balaban J connectivity index is 1.62. The number of H-pyrrole nitrogens is 1. The van der Waals surface area contributed by atoms with E-state index in [1.165, 1.54) is 54.6 Å². The fourth-order valence-electron chi connectivity index (χ4n) is 3.45. The van der Waals surface area contributed by atoms with E-state index in [1.807, 2.05) is 0 Å². The van der Waals surface area contributed by atoms with Gasteiger partial charge in [-0.2, -0.15) is 5.10 Å². The maximum Gasteiger partial charge on any atom is 0.295 e. The quantitative estimate of drug-likeness (QED) is 0.339. The van der Waals surface area contributed by atoms with Crippen molar-refractivity contribution in [3.05, 3.63) is 66.0 Å². The number of ketones is 1. The number of carbonyl (C=O) groups excluding carboxylic acids is 3. The minimum atomic E-state index is -3.75. The minimum Gasteiger partial charge on any atom is -0.494 e. The lowest BCUT2D eigenvalue weighted by Gasteiger charge is -2.34. The SMILES string of the molecule is [2H]C1([2H])N(C(=O)C(=O)c2c[nH]c3c(-n4cnc(C)n4)ncc(OC)c23)C([2H])([2H])C([2H])([2H])N(C(=O)c2ccccc2)C1([2H])[2H]. The number of aryl methyl sites for hydroxylation is 1. The van der Waals surface area contributed by atoms with Gasteiger partial charge < -0.3 is 19.5 Å². The number of nitrogens with one attached hydrogen (secondary N) is 1. The first-order chi connectivity index (χ1) is 20.0. The van der Waals surface area contributed by atoms with Crippen LogP contribution in [0.2, 0.25) is 0 Å². The van der Waals surface area contributed by atoms with Gasteiger partial charge in [0.05, 0.1) is 40.7 Å². The molecule has 11 heteroatoms. The van der Waals surface area contributed by atoms with E-state index in [0.717, 1.165) is 6.20 Å². The van der Waals surface area contributed by atoms with Crippen molar-refractivity contribution in [2.45, 2.75) is 6.92 Å². The van der Waals surface area contributed by atoms with Gasteiger partial charge in [0, 0.05) is 37.7 Å². The van der Waals surface area contributed by atoms with Gasteiger partial charge in [-0.25, -0.2) is 14.6 Å². The van der Waals surface area contributed by atoms with E-state index in [2.05, 4.69) is 20.1 Å². The second-order valence-corrected chi connectivity index (χ2v) is 7.26. The molecule has 0 atom stereocenters. The molecule has 0 saturated carbocycles. The average molecular weight is 482 g/mol. The molecule has 1 saturated heterocycles. The van der Waals surface area contributed by atoms with E-state index in [-0.39, 0.29) is 32.9 Å². The summed E-state index contributed by atoms with van der Waals surface area (Å²) in [5.74, 6) is -4.24. The van der Waals surface area contributed by atoms with Crippen LogP contribution in [0.3, 0.4) is 0 Å². The standard InChI is InChI=1S/C24H23N7O4/c1-15-27-14-31(28-15)22-20-19(18(35-2)13-26-22)17(12-25-20)21(32)24(34)30-10-8-29(9-11-30)23(33)16-6-4-3-5-7-16/h3-7,12-14,25H,8-11H2,1-2H3/i8D2,9D2,10D2,11D2. The lowest BCUT2D eigenvalue weighted by molar-refractivity contribution is -0.127. The Labute approximate surface area is 211 Å². The molecule has 0 aliphatic carbocycles. The first-order valence-electron chi connectivity index (χ1n) is 14.2. The number of Topliss-reactive ketones (excluding diaryl/α,β-unsaturated/α-hetero) is 1. The number of ether oxygens (including phenoxy) is 1. The number of methoxy groups -OCH3 is 1. The number of fused-ring (bicyclic) bond motifs is 1. The number of aromatic amines is 1. The number of aromatic nitrogens is 5. The molecule has 2 amide bonds. The summed E-state index contributed by atoms with van der Waals surface area (Å²) < 4.78 is 74.7. The fraction of sp³-hybridized carbons (Fsp3) is 0.250. The van der Waals surface area contributed by atoms with E-state index < -0.39 is 54.0 Å². The third kappa shape index (κ3) is 4.01. The molecule has 0 unspecified atom stereocenters. The van der Waals surface area contributed by atoms with Crippen molar-refractivity contribution in [3.8, 4) is 11.6 Å². The Morgan fingerprint density at radius 3 is 2.43 bits per heavy atom. The predicted octanol–water partition coefficient (Wildman–Crippen LogP) is 1.63. The summed E-state index contributed by atoms with van der Waals surface area (Å²) in [6.45, 7) is -13.2. The van der Waals surface area contributed by atoms with Crippen LogP contribution in [0.5, 0.6) is 5.75 Å². The van der Waals surface area contributed by atoms with Crippen molar-refractivity contribution < 1.29 is 30.1 Å². The average Bonchev–Trinajstić information content (AvgIpc) is 3.58. The number of benzene rings is 1. The molecule has 0 bridgehead atoms. The van der Waals surface area contributed by atoms with E-state index in [9.17, 15) is 14.4 Å². The number of nitrogens with zero attached hydrogens (tertiary/aromatic N) is 6. The first-order valence-corrected chi connectivity index (χ1v) is 10.2. The minimum absolute atomic E-state index is 0.00273. The van der Waals surface area contributed by atoms with Crippen molar-refractivity contribution in [3.63, 3.8) is 0 Å². The fourth-order valence-corrected chi connectivity index (χ4v) is 3.45. The number of piperazine rings is 1. The first kappa shape index (κ1) is 14.7. The summed E-state index contributed by atoms with van der Waals surface area (Å²) in [6, 6.07) is 6.78. The van der Waals surface area contributed by atoms with Gasteiger partial charge in [-0.1, -0.05) is 18.2 Å². The van der Waals surface area contributed by atoms with Gasteiger partial charge in [-0.3, -0.25) is 14.4 Å². The molecule has 0 spiro atoms. The Bertz CT molecular complexity index is 1750. The molecular formula is C24H23N7O4. The Kier molecular flexibility index (Phi) is 3.78. The zero-order valence-corrected chi connectivity index (χ0v) is 18.4. The zero-order valence-electron chi connectivity index (χ0n) is 26.4. The van der Waals surface area contributed by atoms with Gasteiger partial charge in [-0.05, 0) is 19.1 Å². The van der Waals surface area contributed by atoms with E-state index in [0.29, 0.717) is 5.82 Å². The van der Waals surface area contributed by atoms with Crippen molar-refractivity contribution in [1.82, 2.24) is 34.5 Å². The lowest BCUT2D eigenvalue weighted by atomic mass is 10.1. The molecule has 1 fully saturated rings. The van der Waals surface area contributed by atoms with Crippen LogP contribution in [0, 0.1) is 6.92 Å². The summed E-state index contributed by atoms with van der Waals surface area (Å²) in [4.78, 5) is 51.1. The van der Waals surface area contributed by atoms with Crippen molar-refractivity contribution in [1.29, 1.82) is 0 Å². The molecule has 35 heavy (non-hydrogen) atoms. The van der Waals surface area contributed by atoms with Crippen LogP contribution in [0.4, 0.5) is 0 Å². The zero-order chi connectivity index (χ0) is 31.7. The summed E-state index contributed by atoms with van der Waals surface area (Å²) >= 11 is 0. The predicted molar refractivity (Wildman–Crippen MR) is 126 cm³/mol. The maximum absolute atomic E-state index is 13.7. The van der Waals surface area contributed by atoms with E-state index in [1.54, 1.807) is 6.92 Å². The largest absolute Gasteiger partial charge is 0.494 e. The van der Waals surface area contributed by atoms with Crippen molar-refractivity contribution in [2.24, 2.45) is 0 Å². The van der Waals surface area contributed by atoms with E-state index in [4.69, 9.17) is 15.7 Å². The Morgan fingerprint density at radius 1 is 1.06 bits per heavy atom. The van der Waals surface area contributed by atoms with Gasteiger partial charge in [-0.15, -0.1) is 0 Å². The van der Waals surface area contributed by atoms with Gasteiger partial charge in [0.15, 0.2) is 5.82 Å². The van der Waals surface area contributed by atoms with Gasteiger partial charge in [0.25, 0.3) is 17.6 Å². The molecule has 1 aromatic carbocycles.